The van der Waals surface area contributed by atoms with Crippen LogP contribution in [0.15, 0.2) is 24.3 Å². The summed E-state index contributed by atoms with van der Waals surface area (Å²) >= 11 is 11.0. The van der Waals surface area contributed by atoms with E-state index in [1.165, 1.54) is 11.3 Å². The Morgan fingerprint density at radius 3 is 2.94 bits per heavy atom. The number of nitrogens with two attached hydrogens (primary N) is 1. The number of H-pyrrole nitrogens is 1. The Kier molecular flexibility index (Phi) is 3.28. The number of aromatic amines is 1. The Labute approximate surface area is 106 Å². The predicted molar refractivity (Wildman–Crippen MR) is 70.1 cm³/mol. The van der Waals surface area contributed by atoms with Crippen molar-refractivity contribution in [3.63, 3.8) is 0 Å². The lowest BCUT2D eigenvalue weighted by Crippen LogP contribution is -2.15. The molecular weight excluding hydrogens is 262 g/mol. The molecule has 7 heteroatoms. The lowest BCUT2D eigenvalue weighted by Gasteiger charge is -2.03. The highest BCUT2D eigenvalue weighted by atomic mass is 32.1. The van der Waals surface area contributed by atoms with Gasteiger partial charge < -0.3 is 10.5 Å². The van der Waals surface area contributed by atoms with Crippen LogP contribution in [-0.4, -0.2) is 15.4 Å². The van der Waals surface area contributed by atoms with Crippen LogP contribution in [0.2, 0.25) is 0 Å². The second-order valence-corrected chi connectivity index (χ2v) is 4.94. The molecule has 0 amide bonds. The summed E-state index contributed by atoms with van der Waals surface area (Å²) in [6, 6.07) is 7.33. The van der Waals surface area contributed by atoms with Crippen molar-refractivity contribution in [1.29, 1.82) is 0 Å². The van der Waals surface area contributed by atoms with E-state index in [0.717, 1.165) is 10.6 Å². The summed E-state index contributed by atoms with van der Waals surface area (Å²) in [5, 5.41) is 7.59. The molecule has 0 atom stereocenters. The van der Waals surface area contributed by atoms with E-state index in [9.17, 15) is 0 Å². The van der Waals surface area contributed by atoms with Crippen molar-refractivity contribution in [1.82, 2.24) is 10.2 Å². The minimum Gasteiger partial charge on any atom is -0.432 e. The summed E-state index contributed by atoms with van der Waals surface area (Å²) in [6.07, 6.45) is 0. The molecule has 0 aliphatic rings. The zero-order valence-electron chi connectivity index (χ0n) is 7.97. The Morgan fingerprint density at radius 1 is 1.50 bits per heavy atom. The van der Waals surface area contributed by atoms with E-state index in [1.807, 2.05) is 12.1 Å². The van der Waals surface area contributed by atoms with E-state index < -0.39 is 0 Å². The van der Waals surface area contributed by atoms with Crippen molar-refractivity contribution < 1.29 is 4.74 Å². The fraction of sp³-hybridized carbons (Fsp3) is 0. The van der Waals surface area contributed by atoms with Gasteiger partial charge in [0.25, 0.3) is 5.17 Å². The van der Waals surface area contributed by atoms with Crippen molar-refractivity contribution in [2.45, 2.75) is 0 Å². The second kappa shape index (κ2) is 4.69. The molecule has 0 saturated carbocycles. The molecule has 0 radical (unpaired) electrons. The number of rotatable bonds is 2. The molecule has 3 N–H and O–H groups in total. The van der Waals surface area contributed by atoms with Crippen molar-refractivity contribution in [3.8, 4) is 16.3 Å². The molecule has 4 nitrogen and oxygen atoms in total. The normalized spacial score (nSPS) is 10.0. The van der Waals surface area contributed by atoms with Gasteiger partial charge in [0.05, 0.1) is 0 Å². The first-order valence-corrected chi connectivity index (χ1v) is 5.91. The van der Waals surface area contributed by atoms with E-state index >= 15 is 0 Å². The Bertz CT molecular complexity index is 575. The van der Waals surface area contributed by atoms with Crippen LogP contribution in [0.3, 0.4) is 0 Å². The van der Waals surface area contributed by atoms with Crippen LogP contribution in [0.4, 0.5) is 0 Å². The maximum absolute atomic E-state index is 5.29. The summed E-state index contributed by atoms with van der Waals surface area (Å²) in [5.41, 5.74) is 6.20. The van der Waals surface area contributed by atoms with Crippen LogP contribution < -0.4 is 10.5 Å². The summed E-state index contributed by atoms with van der Waals surface area (Å²) in [6.45, 7) is 0. The number of hydrogen-bond donors (Lipinski definition) is 2. The molecule has 0 saturated heterocycles. The molecule has 0 unspecified atom stereocenters. The zero-order valence-corrected chi connectivity index (χ0v) is 10.4. The van der Waals surface area contributed by atoms with Crippen LogP contribution in [0.1, 0.15) is 0 Å². The second-order valence-electron chi connectivity index (χ2n) is 2.87. The highest BCUT2D eigenvalue weighted by Crippen LogP contribution is 2.25. The zero-order chi connectivity index (χ0) is 11.5. The summed E-state index contributed by atoms with van der Waals surface area (Å²) in [5.74, 6) is 0.589. The third-order valence-corrected chi connectivity index (χ3v) is 2.96. The molecule has 16 heavy (non-hydrogen) atoms. The van der Waals surface area contributed by atoms with Crippen molar-refractivity contribution in [2.75, 3.05) is 0 Å². The van der Waals surface area contributed by atoms with Gasteiger partial charge in [-0.1, -0.05) is 23.5 Å². The first-order valence-electron chi connectivity index (χ1n) is 4.28. The van der Waals surface area contributed by atoms with Crippen LogP contribution in [0, 0.1) is 3.95 Å². The van der Waals surface area contributed by atoms with Gasteiger partial charge in [-0.3, -0.25) is 5.10 Å². The number of nitrogens with zero attached hydrogens (tertiary/aromatic N) is 1. The fourth-order valence-electron chi connectivity index (χ4n) is 1.16. The SMILES string of the molecule is NC(=S)Oc1cccc(-c2n[nH]c(=S)s2)c1. The number of nitrogens with one attached hydrogen (secondary N) is 1. The number of benzene rings is 1. The number of thiocarbonyl (C=S) groups is 1. The van der Waals surface area contributed by atoms with Crippen molar-refractivity contribution in [3.05, 3.63) is 28.2 Å². The Balaban J connectivity index is 2.35. The molecular formula is C9H7N3OS3. The van der Waals surface area contributed by atoms with Crippen LogP contribution in [0.5, 0.6) is 5.75 Å². The monoisotopic (exact) mass is 269 g/mol. The van der Waals surface area contributed by atoms with E-state index in [4.69, 9.17) is 22.7 Å². The van der Waals surface area contributed by atoms with Gasteiger partial charge in [-0.15, -0.1) is 0 Å². The maximum Gasteiger partial charge on any atom is 0.259 e. The third-order valence-electron chi connectivity index (χ3n) is 1.74. The minimum atomic E-state index is -0.00758. The van der Waals surface area contributed by atoms with Gasteiger partial charge in [0.1, 0.15) is 10.8 Å². The fourth-order valence-corrected chi connectivity index (χ4v) is 2.14. The molecule has 2 aromatic rings. The first-order chi connectivity index (χ1) is 7.65. The number of aromatic nitrogens is 2. The highest BCUT2D eigenvalue weighted by Gasteiger charge is 2.04. The molecule has 0 aliphatic heterocycles. The largest absolute Gasteiger partial charge is 0.432 e. The quantitative estimate of drug-likeness (QED) is 0.820. The first kappa shape index (κ1) is 11.2. The molecule has 0 spiro atoms. The standard InChI is InChI=1S/C9H7N3OS3/c10-8(14)13-6-3-1-2-5(4-6)7-11-12-9(15)16-7/h1-4H,(H2,10,14)(H,12,15). The molecule has 0 bridgehead atoms. The van der Waals surface area contributed by atoms with Gasteiger partial charge in [-0.2, -0.15) is 5.10 Å². The maximum atomic E-state index is 5.29. The Hall–Kier alpha value is -1.31. The number of hydrogen-bond acceptors (Lipinski definition) is 5. The number of ether oxygens (including phenoxy) is 1. The lowest BCUT2D eigenvalue weighted by molar-refractivity contribution is 0.557. The Morgan fingerprint density at radius 2 is 2.31 bits per heavy atom. The van der Waals surface area contributed by atoms with E-state index in [2.05, 4.69) is 22.4 Å². The summed E-state index contributed by atoms with van der Waals surface area (Å²) < 4.78 is 5.77. The molecule has 2 rings (SSSR count). The topological polar surface area (TPSA) is 63.9 Å². The predicted octanol–water partition coefficient (Wildman–Crippen LogP) is 2.49. The molecule has 0 fully saturated rings. The van der Waals surface area contributed by atoms with E-state index in [0.29, 0.717) is 9.70 Å². The van der Waals surface area contributed by atoms with Gasteiger partial charge in [0, 0.05) is 5.56 Å². The minimum absolute atomic E-state index is 0.00758. The highest BCUT2D eigenvalue weighted by molar-refractivity contribution is 7.80. The van der Waals surface area contributed by atoms with Gasteiger partial charge in [0.15, 0.2) is 3.95 Å². The van der Waals surface area contributed by atoms with Crippen molar-refractivity contribution >= 4 is 40.9 Å². The molecule has 0 aliphatic carbocycles. The average Bonchev–Trinajstić information content (AvgIpc) is 2.64. The lowest BCUT2D eigenvalue weighted by atomic mass is 10.2. The van der Waals surface area contributed by atoms with Crippen LogP contribution >= 0.6 is 35.8 Å². The van der Waals surface area contributed by atoms with Gasteiger partial charge in [-0.05, 0) is 36.6 Å². The smallest absolute Gasteiger partial charge is 0.259 e. The average molecular weight is 269 g/mol. The van der Waals surface area contributed by atoms with Crippen LogP contribution in [0.25, 0.3) is 10.6 Å². The molecule has 1 aromatic carbocycles. The summed E-state index contributed by atoms with van der Waals surface area (Å²) in [4.78, 5) is 0. The third kappa shape index (κ3) is 2.63. The molecule has 1 aromatic heterocycles. The van der Waals surface area contributed by atoms with E-state index in [1.54, 1.807) is 12.1 Å². The van der Waals surface area contributed by atoms with Crippen molar-refractivity contribution in [2.24, 2.45) is 5.73 Å². The summed E-state index contributed by atoms with van der Waals surface area (Å²) in [7, 11) is 0. The molecule has 1 heterocycles. The van der Waals surface area contributed by atoms with Gasteiger partial charge in [0.2, 0.25) is 0 Å². The van der Waals surface area contributed by atoms with Crippen LogP contribution in [-0.2, 0) is 0 Å². The van der Waals surface area contributed by atoms with E-state index in [-0.39, 0.29) is 5.17 Å². The molecule has 82 valence electrons. The van der Waals surface area contributed by atoms with Gasteiger partial charge in [-0.25, -0.2) is 0 Å². The van der Waals surface area contributed by atoms with Gasteiger partial charge >= 0.3 is 0 Å².